The van der Waals surface area contributed by atoms with Crippen molar-refractivity contribution in [3.63, 3.8) is 0 Å². The van der Waals surface area contributed by atoms with Gasteiger partial charge in [0.15, 0.2) is 0 Å². The highest BCUT2D eigenvalue weighted by Gasteiger charge is 2.26. The standard InChI is InChI=1S/C24H34N2O3/c1-4-9-19-20-11-5-6-12-21(20)23(29-15-8-14-28-3)16-22(19)24(27)26(2)18-10-7-13-25-17-18/h5-6,11-12,16,18,25H,4,7-10,13-15,17H2,1-3H3/t18-/m1/s1. The first-order chi connectivity index (χ1) is 14.2. The molecule has 0 radical (unpaired) electrons. The van der Waals surface area contributed by atoms with E-state index in [1.165, 1.54) is 0 Å². The number of aryl methyl sites for hydroxylation is 1. The lowest BCUT2D eigenvalue weighted by atomic mass is 9.93. The minimum atomic E-state index is 0.0923. The zero-order chi connectivity index (χ0) is 20.6. The number of fused-ring (bicyclic) bond motifs is 1. The van der Waals surface area contributed by atoms with Crippen LogP contribution in [0.15, 0.2) is 30.3 Å². The third-order valence-electron chi connectivity index (χ3n) is 5.74. The summed E-state index contributed by atoms with van der Waals surface area (Å²) in [5, 5.41) is 5.61. The van der Waals surface area contributed by atoms with Crippen molar-refractivity contribution >= 4 is 16.7 Å². The van der Waals surface area contributed by atoms with E-state index in [1.54, 1.807) is 7.11 Å². The van der Waals surface area contributed by atoms with Gasteiger partial charge in [-0.15, -0.1) is 0 Å². The molecule has 1 aliphatic heterocycles. The van der Waals surface area contributed by atoms with Crippen LogP contribution in [-0.2, 0) is 11.2 Å². The largest absolute Gasteiger partial charge is 0.493 e. The molecule has 5 nitrogen and oxygen atoms in total. The fraction of sp³-hybridized carbons (Fsp3) is 0.542. The lowest BCUT2D eigenvalue weighted by Crippen LogP contribution is -2.46. The molecule has 5 heteroatoms. The highest BCUT2D eigenvalue weighted by atomic mass is 16.5. The average Bonchev–Trinajstić information content (AvgIpc) is 2.77. The third-order valence-corrected chi connectivity index (χ3v) is 5.74. The number of amides is 1. The van der Waals surface area contributed by atoms with Crippen LogP contribution in [0.5, 0.6) is 5.75 Å². The Morgan fingerprint density at radius 3 is 2.72 bits per heavy atom. The normalized spacial score (nSPS) is 16.7. The number of carbonyl (C=O) groups is 1. The van der Waals surface area contributed by atoms with Crippen LogP contribution < -0.4 is 10.1 Å². The summed E-state index contributed by atoms with van der Waals surface area (Å²) in [4.78, 5) is 15.5. The predicted octanol–water partition coefficient (Wildman–Crippen LogP) is 4.03. The van der Waals surface area contributed by atoms with E-state index in [-0.39, 0.29) is 11.9 Å². The number of nitrogens with one attached hydrogen (secondary N) is 1. The van der Waals surface area contributed by atoms with Crippen LogP contribution >= 0.6 is 0 Å². The van der Waals surface area contributed by atoms with E-state index in [0.717, 1.165) is 72.8 Å². The van der Waals surface area contributed by atoms with Gasteiger partial charge in [0.25, 0.3) is 5.91 Å². The Balaban J connectivity index is 1.98. The second kappa shape index (κ2) is 10.6. The van der Waals surface area contributed by atoms with Gasteiger partial charge in [0.1, 0.15) is 5.75 Å². The fourth-order valence-electron chi connectivity index (χ4n) is 4.14. The van der Waals surface area contributed by atoms with E-state index in [4.69, 9.17) is 9.47 Å². The Morgan fingerprint density at radius 1 is 1.24 bits per heavy atom. The Hall–Kier alpha value is -2.11. The Bertz CT molecular complexity index is 815. The molecule has 1 amide bonds. The number of benzene rings is 2. The SMILES string of the molecule is CCCc1c(C(=O)N(C)[C@@H]2CCCNC2)cc(OCCCOC)c2ccccc12. The van der Waals surface area contributed by atoms with E-state index in [1.807, 2.05) is 30.1 Å². The number of carbonyl (C=O) groups excluding carboxylic acids is 1. The van der Waals surface area contributed by atoms with Gasteiger partial charge in [0.05, 0.1) is 6.61 Å². The zero-order valence-corrected chi connectivity index (χ0v) is 18.0. The first-order valence-electron chi connectivity index (χ1n) is 10.8. The minimum Gasteiger partial charge on any atom is -0.493 e. The van der Waals surface area contributed by atoms with Crippen molar-refractivity contribution < 1.29 is 14.3 Å². The maximum atomic E-state index is 13.5. The molecule has 2 aromatic carbocycles. The van der Waals surface area contributed by atoms with Crippen LogP contribution in [0.2, 0.25) is 0 Å². The van der Waals surface area contributed by atoms with Crippen LogP contribution in [0.25, 0.3) is 10.8 Å². The minimum absolute atomic E-state index is 0.0923. The molecule has 0 saturated carbocycles. The van der Waals surface area contributed by atoms with Crippen LogP contribution in [-0.4, -0.2) is 57.3 Å². The number of hydrogen-bond donors (Lipinski definition) is 1. The molecular weight excluding hydrogens is 364 g/mol. The van der Waals surface area contributed by atoms with Crippen molar-refractivity contribution in [3.8, 4) is 5.75 Å². The summed E-state index contributed by atoms with van der Waals surface area (Å²) < 4.78 is 11.2. The van der Waals surface area contributed by atoms with Crippen molar-refractivity contribution in [1.29, 1.82) is 0 Å². The second-order valence-electron chi connectivity index (χ2n) is 7.81. The summed E-state index contributed by atoms with van der Waals surface area (Å²) in [5.74, 6) is 0.879. The molecule has 3 rings (SSSR count). The van der Waals surface area contributed by atoms with Gasteiger partial charge in [-0.25, -0.2) is 0 Å². The van der Waals surface area contributed by atoms with Crippen LogP contribution in [0.1, 0.15) is 48.5 Å². The molecule has 0 aliphatic carbocycles. The molecule has 1 saturated heterocycles. The molecule has 0 bridgehead atoms. The maximum Gasteiger partial charge on any atom is 0.254 e. The van der Waals surface area contributed by atoms with Crippen LogP contribution in [0.3, 0.4) is 0 Å². The molecule has 1 N–H and O–H groups in total. The van der Waals surface area contributed by atoms with E-state index >= 15 is 0 Å². The fourth-order valence-corrected chi connectivity index (χ4v) is 4.14. The van der Waals surface area contributed by atoms with E-state index in [0.29, 0.717) is 13.2 Å². The first kappa shape index (κ1) is 21.6. The van der Waals surface area contributed by atoms with E-state index in [2.05, 4.69) is 24.4 Å². The number of hydrogen-bond acceptors (Lipinski definition) is 4. The summed E-state index contributed by atoms with van der Waals surface area (Å²) in [6.45, 7) is 5.29. The van der Waals surface area contributed by atoms with Crippen molar-refractivity contribution in [2.45, 2.75) is 45.1 Å². The van der Waals surface area contributed by atoms with Gasteiger partial charge >= 0.3 is 0 Å². The Kier molecular flexibility index (Phi) is 7.90. The van der Waals surface area contributed by atoms with E-state index in [9.17, 15) is 4.79 Å². The highest BCUT2D eigenvalue weighted by Crippen LogP contribution is 2.33. The summed E-state index contributed by atoms with van der Waals surface area (Å²) in [7, 11) is 3.63. The summed E-state index contributed by atoms with van der Waals surface area (Å²) in [6, 6.07) is 10.5. The van der Waals surface area contributed by atoms with Gasteiger partial charge in [0.2, 0.25) is 0 Å². The summed E-state index contributed by atoms with van der Waals surface area (Å²) in [5.41, 5.74) is 1.91. The van der Waals surface area contributed by atoms with Crippen molar-refractivity contribution in [1.82, 2.24) is 10.2 Å². The Labute approximate surface area is 174 Å². The van der Waals surface area contributed by atoms with Gasteiger partial charge in [-0.1, -0.05) is 37.6 Å². The predicted molar refractivity (Wildman–Crippen MR) is 118 cm³/mol. The number of ether oxygens (including phenoxy) is 2. The monoisotopic (exact) mass is 398 g/mol. The molecule has 0 unspecified atom stereocenters. The van der Waals surface area contributed by atoms with Crippen molar-refractivity contribution in [3.05, 3.63) is 41.5 Å². The van der Waals surface area contributed by atoms with Gasteiger partial charge in [0, 0.05) is 50.7 Å². The van der Waals surface area contributed by atoms with Crippen LogP contribution in [0.4, 0.5) is 0 Å². The molecule has 1 heterocycles. The lowest BCUT2D eigenvalue weighted by molar-refractivity contribution is 0.0707. The number of likely N-dealkylation sites (N-methyl/N-ethyl adjacent to an activating group) is 1. The number of piperidine rings is 1. The van der Waals surface area contributed by atoms with Gasteiger partial charge in [-0.2, -0.15) is 0 Å². The molecule has 29 heavy (non-hydrogen) atoms. The van der Waals surface area contributed by atoms with E-state index < -0.39 is 0 Å². The quantitative estimate of drug-likeness (QED) is 0.648. The highest BCUT2D eigenvalue weighted by molar-refractivity contribution is 6.04. The molecular formula is C24H34N2O3. The molecule has 0 spiro atoms. The molecule has 1 aliphatic rings. The maximum absolute atomic E-state index is 13.5. The average molecular weight is 399 g/mol. The molecule has 0 aromatic heterocycles. The first-order valence-corrected chi connectivity index (χ1v) is 10.8. The smallest absolute Gasteiger partial charge is 0.254 e. The third kappa shape index (κ3) is 5.09. The van der Waals surface area contributed by atoms with Crippen LogP contribution in [0, 0.1) is 0 Å². The molecule has 1 fully saturated rings. The Morgan fingerprint density at radius 2 is 2.03 bits per heavy atom. The second-order valence-corrected chi connectivity index (χ2v) is 7.81. The zero-order valence-electron chi connectivity index (χ0n) is 18.0. The lowest BCUT2D eigenvalue weighted by Gasteiger charge is -2.32. The van der Waals surface area contributed by atoms with Gasteiger partial charge in [-0.05, 0) is 42.8 Å². The summed E-state index contributed by atoms with van der Waals surface area (Å²) >= 11 is 0. The van der Waals surface area contributed by atoms with Gasteiger partial charge in [-0.3, -0.25) is 4.79 Å². The number of rotatable bonds is 9. The molecule has 158 valence electrons. The number of nitrogens with zero attached hydrogens (tertiary/aromatic N) is 1. The summed E-state index contributed by atoms with van der Waals surface area (Å²) in [6.07, 6.45) is 4.84. The molecule has 2 aromatic rings. The topological polar surface area (TPSA) is 50.8 Å². The van der Waals surface area contributed by atoms with Gasteiger partial charge < -0.3 is 19.7 Å². The van der Waals surface area contributed by atoms with Crippen molar-refractivity contribution in [2.75, 3.05) is 40.5 Å². The van der Waals surface area contributed by atoms with Crippen molar-refractivity contribution in [2.24, 2.45) is 0 Å². The molecule has 1 atom stereocenters. The number of methoxy groups -OCH3 is 1.